The first-order valence-corrected chi connectivity index (χ1v) is 19.8. The largest absolute Gasteiger partial charge is 0.456 e. The van der Waals surface area contributed by atoms with E-state index in [0.717, 1.165) is 61.8 Å². The maximum Gasteiger partial charge on any atom is 0.135 e. The molecule has 0 aliphatic carbocycles. The second-order valence-electron chi connectivity index (χ2n) is 14.9. The molecule has 0 N–H and O–H groups in total. The third kappa shape index (κ3) is 5.82. The highest BCUT2D eigenvalue weighted by molar-refractivity contribution is 6.05. The van der Waals surface area contributed by atoms with Crippen LogP contribution in [0.3, 0.4) is 0 Å². The van der Waals surface area contributed by atoms with E-state index in [1.807, 2.05) is 0 Å². The van der Waals surface area contributed by atoms with Crippen LogP contribution >= 0.6 is 0 Å². The van der Waals surface area contributed by atoms with E-state index in [-0.39, 0.29) is 0 Å². The Morgan fingerprint density at radius 3 is 1.59 bits per heavy atom. The molecule has 0 bridgehead atoms. The Morgan fingerprint density at radius 2 is 0.810 bits per heavy atom. The molecule has 272 valence electrons. The van der Waals surface area contributed by atoms with Crippen LogP contribution in [-0.4, -0.2) is 0 Å². The molecule has 0 fully saturated rings. The minimum atomic E-state index is 0.873. The number of benzene rings is 10. The average Bonchev–Trinajstić information content (AvgIpc) is 3.30. The average molecular weight is 740 g/mol. The molecule has 0 spiro atoms. The van der Waals surface area contributed by atoms with Crippen LogP contribution in [0.25, 0.3) is 77.2 Å². The molecule has 1 heterocycles. The summed E-state index contributed by atoms with van der Waals surface area (Å²) in [6.45, 7) is 0. The van der Waals surface area contributed by atoms with Crippen LogP contribution in [0.15, 0.2) is 224 Å². The van der Waals surface area contributed by atoms with Crippen molar-refractivity contribution in [3.63, 3.8) is 0 Å². The van der Waals surface area contributed by atoms with Gasteiger partial charge in [-0.25, -0.2) is 0 Å². The van der Waals surface area contributed by atoms with Crippen LogP contribution in [-0.2, 0) is 0 Å². The quantitative estimate of drug-likeness (QED) is 0.161. The van der Waals surface area contributed by atoms with E-state index >= 15 is 0 Å². The topological polar surface area (TPSA) is 12.5 Å². The molecule has 1 aliphatic rings. The van der Waals surface area contributed by atoms with E-state index in [0.29, 0.717) is 0 Å². The number of nitrogens with zero attached hydrogens (tertiary/aromatic N) is 1. The van der Waals surface area contributed by atoms with Crippen molar-refractivity contribution in [3.8, 4) is 67.1 Å². The maximum absolute atomic E-state index is 6.52. The van der Waals surface area contributed by atoms with Gasteiger partial charge in [0.25, 0.3) is 0 Å². The number of hydrogen-bond donors (Lipinski definition) is 0. The van der Waals surface area contributed by atoms with Crippen molar-refractivity contribution in [1.29, 1.82) is 0 Å². The fourth-order valence-corrected chi connectivity index (χ4v) is 8.70. The molecular weight excluding hydrogens is 703 g/mol. The van der Waals surface area contributed by atoms with E-state index in [1.54, 1.807) is 0 Å². The van der Waals surface area contributed by atoms with Crippen LogP contribution in [0, 0.1) is 0 Å². The van der Waals surface area contributed by atoms with Crippen molar-refractivity contribution in [2.45, 2.75) is 0 Å². The predicted octanol–water partition coefficient (Wildman–Crippen LogP) is 15.9. The Labute approximate surface area is 338 Å². The molecule has 1 aliphatic heterocycles. The van der Waals surface area contributed by atoms with Crippen molar-refractivity contribution in [2.75, 3.05) is 4.90 Å². The lowest BCUT2D eigenvalue weighted by Gasteiger charge is -2.30. The van der Waals surface area contributed by atoms with Crippen molar-refractivity contribution >= 4 is 38.6 Å². The molecule has 0 saturated heterocycles. The Kier molecular flexibility index (Phi) is 8.19. The van der Waals surface area contributed by atoms with Crippen molar-refractivity contribution in [3.05, 3.63) is 224 Å². The van der Waals surface area contributed by atoms with Gasteiger partial charge in [0, 0.05) is 27.8 Å². The van der Waals surface area contributed by atoms with Gasteiger partial charge in [-0.05, 0) is 97.6 Å². The van der Waals surface area contributed by atoms with E-state index in [9.17, 15) is 0 Å². The lowest BCUT2D eigenvalue weighted by Crippen LogP contribution is -2.12. The van der Waals surface area contributed by atoms with E-state index < -0.39 is 0 Å². The highest BCUT2D eigenvalue weighted by atomic mass is 16.5. The summed E-state index contributed by atoms with van der Waals surface area (Å²) in [4.78, 5) is 2.43. The Bertz CT molecular complexity index is 3120. The summed E-state index contributed by atoms with van der Waals surface area (Å²) < 4.78 is 6.52. The second-order valence-corrected chi connectivity index (χ2v) is 14.9. The third-order valence-electron chi connectivity index (χ3n) is 11.5. The highest BCUT2D eigenvalue weighted by Gasteiger charge is 2.24. The summed E-state index contributed by atoms with van der Waals surface area (Å²) in [6.07, 6.45) is 0. The normalized spacial score (nSPS) is 11.6. The van der Waals surface area contributed by atoms with Gasteiger partial charge in [-0.1, -0.05) is 182 Å². The van der Waals surface area contributed by atoms with E-state index in [2.05, 4.69) is 229 Å². The fraction of sp³-hybridized carbons (Fsp3) is 0. The first kappa shape index (κ1) is 33.6. The van der Waals surface area contributed by atoms with Gasteiger partial charge in [-0.3, -0.25) is 0 Å². The lowest BCUT2D eigenvalue weighted by molar-refractivity contribution is 0.487. The third-order valence-corrected chi connectivity index (χ3v) is 11.5. The van der Waals surface area contributed by atoms with Crippen LogP contribution in [0.5, 0.6) is 11.5 Å². The summed E-state index contributed by atoms with van der Waals surface area (Å²) in [5.74, 6) is 1.78. The maximum atomic E-state index is 6.52. The van der Waals surface area contributed by atoms with Gasteiger partial charge >= 0.3 is 0 Å². The molecule has 0 atom stereocenters. The van der Waals surface area contributed by atoms with Gasteiger partial charge in [-0.2, -0.15) is 0 Å². The van der Waals surface area contributed by atoms with Crippen molar-refractivity contribution in [2.24, 2.45) is 0 Å². The molecule has 0 amide bonds. The molecule has 0 radical (unpaired) electrons. The zero-order valence-corrected chi connectivity index (χ0v) is 31.7. The number of rotatable bonds is 7. The van der Waals surface area contributed by atoms with Crippen molar-refractivity contribution < 1.29 is 4.74 Å². The number of ether oxygens (including phenoxy) is 1. The Morgan fingerprint density at radius 1 is 0.293 bits per heavy atom. The first-order valence-electron chi connectivity index (χ1n) is 19.8. The molecular formula is C56H37NO. The molecule has 11 rings (SSSR count). The summed E-state index contributed by atoms with van der Waals surface area (Å²) in [6, 6.07) is 80.7. The number of hydrogen-bond acceptors (Lipinski definition) is 2. The van der Waals surface area contributed by atoms with E-state index in [4.69, 9.17) is 4.74 Å². The number of para-hydroxylation sites is 2. The fourth-order valence-electron chi connectivity index (χ4n) is 8.70. The number of anilines is 3. The summed E-state index contributed by atoms with van der Waals surface area (Å²) in [7, 11) is 0. The van der Waals surface area contributed by atoms with Gasteiger partial charge < -0.3 is 9.64 Å². The molecule has 10 aromatic carbocycles. The molecule has 0 unspecified atom stereocenters. The second kappa shape index (κ2) is 14.1. The van der Waals surface area contributed by atoms with Gasteiger partial charge in [0.2, 0.25) is 0 Å². The van der Waals surface area contributed by atoms with Gasteiger partial charge in [0.05, 0.1) is 11.4 Å². The Balaban J connectivity index is 1.08. The standard InChI is InChI=1S/C56H37NO/c1-2-13-38(14-3-1)39-27-29-42(30-28-39)48-20-6-8-24-52(48)57(45-34-31-41(32-35-45)47-22-10-16-40-15-4-5-19-46(40)47)53-25-9-7-21-49(53)44-33-36-54-51(37-44)50-23-11-17-43-18-12-26-55(58-54)56(43)50/h1-37H. The van der Waals surface area contributed by atoms with Crippen LogP contribution in [0.1, 0.15) is 0 Å². The summed E-state index contributed by atoms with van der Waals surface area (Å²) in [5, 5.41) is 4.82. The SMILES string of the molecule is c1ccc(-c2ccc(-c3ccccc3N(c3ccc(-c4cccc5ccccc45)cc3)c3ccccc3-c3ccc4c(c3)-c3cccc5cccc(c35)O4)cc2)cc1. The van der Waals surface area contributed by atoms with Gasteiger partial charge in [-0.15, -0.1) is 0 Å². The van der Waals surface area contributed by atoms with Crippen LogP contribution in [0.4, 0.5) is 17.1 Å². The van der Waals surface area contributed by atoms with E-state index in [1.165, 1.54) is 44.0 Å². The molecule has 2 heteroatoms. The van der Waals surface area contributed by atoms with Crippen LogP contribution < -0.4 is 9.64 Å². The minimum absolute atomic E-state index is 0.873. The Hall–Kier alpha value is -7.68. The zero-order chi connectivity index (χ0) is 38.4. The summed E-state index contributed by atoms with van der Waals surface area (Å²) in [5.41, 5.74) is 14.9. The minimum Gasteiger partial charge on any atom is -0.456 e. The summed E-state index contributed by atoms with van der Waals surface area (Å²) >= 11 is 0. The molecule has 0 saturated carbocycles. The zero-order valence-electron chi connectivity index (χ0n) is 31.7. The first-order chi connectivity index (χ1) is 28.8. The number of fused-ring (bicyclic) bond motifs is 3. The molecule has 2 nitrogen and oxygen atoms in total. The molecule has 58 heavy (non-hydrogen) atoms. The smallest absolute Gasteiger partial charge is 0.135 e. The van der Waals surface area contributed by atoms with Gasteiger partial charge in [0.1, 0.15) is 11.5 Å². The highest BCUT2D eigenvalue weighted by Crippen LogP contribution is 2.50. The monoisotopic (exact) mass is 739 g/mol. The predicted molar refractivity (Wildman–Crippen MR) is 243 cm³/mol. The van der Waals surface area contributed by atoms with Gasteiger partial charge in [0.15, 0.2) is 0 Å². The van der Waals surface area contributed by atoms with Crippen molar-refractivity contribution in [1.82, 2.24) is 0 Å². The van der Waals surface area contributed by atoms with Crippen LogP contribution in [0.2, 0.25) is 0 Å². The molecule has 0 aromatic heterocycles. The molecule has 10 aromatic rings. The lowest BCUT2D eigenvalue weighted by atomic mass is 9.91.